The van der Waals surface area contributed by atoms with E-state index < -0.39 is 0 Å². The fraction of sp³-hybridized carbons (Fsp3) is 0.286. The number of hydrogen-bond acceptors (Lipinski definition) is 5. The number of hydrogen-bond donors (Lipinski definition) is 1. The van der Waals surface area contributed by atoms with E-state index in [0.717, 1.165) is 18.7 Å². The van der Waals surface area contributed by atoms with Crippen LogP contribution >= 0.6 is 11.8 Å². The molecule has 106 valence electrons. The number of ether oxygens (including phenoxy) is 1. The number of benzene rings is 1. The summed E-state index contributed by atoms with van der Waals surface area (Å²) in [5.74, 6) is 2.30. The van der Waals surface area contributed by atoms with Crippen LogP contribution in [0.15, 0.2) is 36.5 Å². The molecular formula is C14H16FN3OS. The molecule has 0 fully saturated rings. The summed E-state index contributed by atoms with van der Waals surface area (Å²) in [5.41, 5.74) is 0. The Balaban J connectivity index is 1.93. The van der Waals surface area contributed by atoms with Crippen molar-refractivity contribution in [3.05, 3.63) is 42.3 Å². The highest BCUT2D eigenvalue weighted by molar-refractivity contribution is 7.98. The highest BCUT2D eigenvalue weighted by atomic mass is 32.2. The van der Waals surface area contributed by atoms with E-state index >= 15 is 0 Å². The van der Waals surface area contributed by atoms with Crippen molar-refractivity contribution in [3.63, 3.8) is 0 Å². The standard InChI is InChI=1S/C14H16FN3OS/c1-20-10-2-8-16-14-17-9-7-13(18-14)19-12-5-3-11(15)4-6-12/h3-7,9H,2,8,10H2,1H3,(H,16,17,18). The summed E-state index contributed by atoms with van der Waals surface area (Å²) < 4.78 is 18.3. The summed E-state index contributed by atoms with van der Waals surface area (Å²) in [5, 5.41) is 3.14. The smallest absolute Gasteiger partial charge is 0.225 e. The van der Waals surface area contributed by atoms with Crippen molar-refractivity contribution in [3.8, 4) is 11.6 Å². The number of anilines is 1. The molecule has 0 saturated heterocycles. The third-order valence-electron chi connectivity index (χ3n) is 2.47. The van der Waals surface area contributed by atoms with Crippen LogP contribution < -0.4 is 10.1 Å². The van der Waals surface area contributed by atoms with Gasteiger partial charge in [-0.25, -0.2) is 9.37 Å². The van der Waals surface area contributed by atoms with E-state index in [1.54, 1.807) is 36.2 Å². The zero-order valence-electron chi connectivity index (χ0n) is 11.2. The molecule has 0 atom stereocenters. The lowest BCUT2D eigenvalue weighted by atomic mass is 10.3. The molecule has 20 heavy (non-hydrogen) atoms. The fourth-order valence-corrected chi connectivity index (χ4v) is 1.96. The molecule has 1 N–H and O–H groups in total. The van der Waals surface area contributed by atoms with Gasteiger partial charge in [0.05, 0.1) is 0 Å². The van der Waals surface area contributed by atoms with Crippen LogP contribution in [0, 0.1) is 5.82 Å². The lowest BCUT2D eigenvalue weighted by Crippen LogP contribution is -2.06. The maximum absolute atomic E-state index is 12.8. The molecule has 0 bridgehead atoms. The molecule has 0 aliphatic carbocycles. The van der Waals surface area contributed by atoms with Gasteiger partial charge in [0.25, 0.3) is 0 Å². The number of halogens is 1. The SMILES string of the molecule is CSCCCNc1nccc(Oc2ccc(F)cc2)n1. The van der Waals surface area contributed by atoms with Gasteiger partial charge < -0.3 is 10.1 Å². The van der Waals surface area contributed by atoms with E-state index in [-0.39, 0.29) is 5.82 Å². The predicted octanol–water partition coefficient (Wildman–Crippen LogP) is 3.57. The van der Waals surface area contributed by atoms with Crippen LogP contribution in [0.1, 0.15) is 6.42 Å². The summed E-state index contributed by atoms with van der Waals surface area (Å²) in [4.78, 5) is 8.37. The van der Waals surface area contributed by atoms with Gasteiger partial charge in [-0.3, -0.25) is 0 Å². The van der Waals surface area contributed by atoms with Gasteiger partial charge in [0, 0.05) is 18.8 Å². The molecule has 0 amide bonds. The number of thioether (sulfide) groups is 1. The van der Waals surface area contributed by atoms with E-state index in [4.69, 9.17) is 4.74 Å². The molecule has 4 nitrogen and oxygen atoms in total. The van der Waals surface area contributed by atoms with Gasteiger partial charge in [-0.1, -0.05) is 0 Å². The summed E-state index contributed by atoms with van der Waals surface area (Å²) in [6.07, 6.45) is 4.75. The van der Waals surface area contributed by atoms with Crippen LogP contribution in [0.4, 0.5) is 10.3 Å². The Bertz CT molecular complexity index is 536. The first kappa shape index (κ1) is 14.6. The second kappa shape index (κ2) is 7.69. The van der Waals surface area contributed by atoms with E-state index in [9.17, 15) is 4.39 Å². The van der Waals surface area contributed by atoms with Crippen molar-refractivity contribution in [2.45, 2.75) is 6.42 Å². The third kappa shape index (κ3) is 4.70. The predicted molar refractivity (Wildman–Crippen MR) is 80.0 cm³/mol. The molecule has 0 saturated carbocycles. The minimum atomic E-state index is -0.295. The molecule has 1 heterocycles. The number of aromatic nitrogens is 2. The van der Waals surface area contributed by atoms with Crippen LogP contribution in [0.2, 0.25) is 0 Å². The molecule has 2 aromatic rings. The molecule has 0 radical (unpaired) electrons. The van der Waals surface area contributed by atoms with Gasteiger partial charge in [0.2, 0.25) is 11.8 Å². The molecule has 1 aromatic carbocycles. The average molecular weight is 293 g/mol. The van der Waals surface area contributed by atoms with Crippen molar-refractivity contribution >= 4 is 17.7 Å². The number of nitrogens with one attached hydrogen (secondary N) is 1. The van der Waals surface area contributed by atoms with Crippen LogP contribution in [0.25, 0.3) is 0 Å². The fourth-order valence-electron chi connectivity index (χ4n) is 1.52. The molecule has 1 aromatic heterocycles. The monoisotopic (exact) mass is 293 g/mol. The second-order valence-corrected chi connectivity index (χ2v) is 5.03. The van der Waals surface area contributed by atoms with Crippen LogP contribution in [-0.2, 0) is 0 Å². The molecule has 0 aliphatic rings. The van der Waals surface area contributed by atoms with Gasteiger partial charge >= 0.3 is 0 Å². The Hall–Kier alpha value is -1.82. The first-order valence-corrected chi connectivity index (χ1v) is 7.66. The molecule has 0 spiro atoms. The maximum atomic E-state index is 12.8. The van der Waals surface area contributed by atoms with Crippen molar-refractivity contribution in [1.82, 2.24) is 9.97 Å². The van der Waals surface area contributed by atoms with Gasteiger partial charge in [0.1, 0.15) is 11.6 Å². The molecule has 2 rings (SSSR count). The van der Waals surface area contributed by atoms with Crippen LogP contribution in [0.5, 0.6) is 11.6 Å². The first-order chi connectivity index (χ1) is 9.78. The highest BCUT2D eigenvalue weighted by Crippen LogP contribution is 2.19. The van der Waals surface area contributed by atoms with Crippen LogP contribution in [-0.4, -0.2) is 28.5 Å². The normalized spacial score (nSPS) is 10.3. The summed E-state index contributed by atoms with van der Waals surface area (Å²) >= 11 is 1.81. The van der Waals surface area contributed by atoms with Crippen molar-refractivity contribution < 1.29 is 9.13 Å². The molecular weight excluding hydrogens is 277 g/mol. The van der Waals surface area contributed by atoms with Crippen molar-refractivity contribution in [1.29, 1.82) is 0 Å². The quantitative estimate of drug-likeness (QED) is 0.791. The van der Waals surface area contributed by atoms with E-state index in [1.165, 1.54) is 12.1 Å². The van der Waals surface area contributed by atoms with Gasteiger partial charge in [-0.2, -0.15) is 16.7 Å². The lowest BCUT2D eigenvalue weighted by molar-refractivity contribution is 0.460. The van der Waals surface area contributed by atoms with Gasteiger partial charge in [-0.15, -0.1) is 0 Å². The largest absolute Gasteiger partial charge is 0.439 e. The molecule has 6 heteroatoms. The topological polar surface area (TPSA) is 47.0 Å². The summed E-state index contributed by atoms with van der Waals surface area (Å²) in [6.45, 7) is 0.820. The Labute approximate surface area is 121 Å². The van der Waals surface area contributed by atoms with Crippen LogP contribution in [0.3, 0.4) is 0 Å². The highest BCUT2D eigenvalue weighted by Gasteiger charge is 2.02. The van der Waals surface area contributed by atoms with Gasteiger partial charge in [-0.05, 0) is 42.7 Å². The minimum Gasteiger partial charge on any atom is -0.439 e. The Morgan fingerprint density at radius 2 is 2.05 bits per heavy atom. The minimum absolute atomic E-state index is 0.295. The van der Waals surface area contributed by atoms with E-state index in [2.05, 4.69) is 21.5 Å². The van der Waals surface area contributed by atoms with Crippen molar-refractivity contribution in [2.24, 2.45) is 0 Å². The van der Waals surface area contributed by atoms with Gasteiger partial charge in [0.15, 0.2) is 0 Å². The lowest BCUT2D eigenvalue weighted by Gasteiger charge is -2.07. The zero-order valence-corrected chi connectivity index (χ0v) is 12.0. The van der Waals surface area contributed by atoms with Crippen molar-refractivity contribution in [2.75, 3.05) is 23.9 Å². The third-order valence-corrected chi connectivity index (χ3v) is 3.17. The Kier molecular flexibility index (Phi) is 5.61. The zero-order chi connectivity index (χ0) is 14.2. The Morgan fingerprint density at radius 3 is 2.80 bits per heavy atom. The molecule has 0 unspecified atom stereocenters. The van der Waals surface area contributed by atoms with E-state index in [0.29, 0.717) is 17.6 Å². The second-order valence-electron chi connectivity index (χ2n) is 4.05. The summed E-state index contributed by atoms with van der Waals surface area (Å²) in [7, 11) is 0. The maximum Gasteiger partial charge on any atom is 0.225 e. The summed E-state index contributed by atoms with van der Waals surface area (Å²) in [6, 6.07) is 7.47. The Morgan fingerprint density at radius 1 is 1.25 bits per heavy atom. The number of rotatable bonds is 7. The number of nitrogens with zero attached hydrogens (tertiary/aromatic N) is 2. The van der Waals surface area contributed by atoms with E-state index in [1.807, 2.05) is 0 Å². The molecule has 0 aliphatic heterocycles. The first-order valence-electron chi connectivity index (χ1n) is 6.27. The average Bonchev–Trinajstić information content (AvgIpc) is 2.47.